The fourth-order valence-corrected chi connectivity index (χ4v) is 3.47. The molecule has 0 saturated carbocycles. The van der Waals surface area contributed by atoms with E-state index in [4.69, 9.17) is 0 Å². The van der Waals surface area contributed by atoms with Crippen LogP contribution in [-0.4, -0.2) is 45.5 Å². The molecule has 1 fully saturated rings. The van der Waals surface area contributed by atoms with Crippen molar-refractivity contribution in [3.8, 4) is 0 Å². The number of amides is 1. The van der Waals surface area contributed by atoms with E-state index in [0.717, 1.165) is 18.4 Å². The van der Waals surface area contributed by atoms with Crippen LogP contribution in [0.3, 0.4) is 0 Å². The molecule has 0 aromatic carbocycles. The summed E-state index contributed by atoms with van der Waals surface area (Å²) in [5.74, 6) is -0.610. The third-order valence-electron chi connectivity index (χ3n) is 4.72. The standard InChI is InChI=1S/C19H29N3O3/c1-4-15(19(24)25)21-16(11-13(2)3)18(23)22-10-6-8-17(22)14-7-5-9-20-12-14/h5,7,9,12-13,15-17,21H,4,6,8,10-11H2,1-3H3,(H,24,25)/t15?,16?,17-/m0/s1. The fraction of sp³-hybridized carbons (Fsp3) is 0.632. The summed E-state index contributed by atoms with van der Waals surface area (Å²) in [5, 5.41) is 12.4. The second kappa shape index (κ2) is 8.94. The average molecular weight is 347 g/mol. The van der Waals surface area contributed by atoms with Crippen molar-refractivity contribution in [1.29, 1.82) is 0 Å². The summed E-state index contributed by atoms with van der Waals surface area (Å²) in [5.41, 5.74) is 1.04. The lowest BCUT2D eigenvalue weighted by atomic mass is 10.00. The molecule has 2 rings (SSSR count). The van der Waals surface area contributed by atoms with Crippen LogP contribution in [0.4, 0.5) is 0 Å². The average Bonchev–Trinajstić information content (AvgIpc) is 3.07. The molecule has 3 atom stereocenters. The Bertz CT molecular complexity index is 577. The number of carbonyl (C=O) groups is 2. The molecule has 1 aromatic heterocycles. The Morgan fingerprint density at radius 2 is 2.16 bits per heavy atom. The molecule has 0 spiro atoms. The zero-order chi connectivity index (χ0) is 18.4. The third kappa shape index (κ3) is 5.01. The molecule has 1 aliphatic heterocycles. The summed E-state index contributed by atoms with van der Waals surface area (Å²) < 4.78 is 0. The van der Waals surface area contributed by atoms with Gasteiger partial charge < -0.3 is 10.0 Å². The first kappa shape index (κ1) is 19.4. The van der Waals surface area contributed by atoms with Gasteiger partial charge in [-0.1, -0.05) is 26.8 Å². The smallest absolute Gasteiger partial charge is 0.320 e. The van der Waals surface area contributed by atoms with Crippen molar-refractivity contribution in [1.82, 2.24) is 15.2 Å². The van der Waals surface area contributed by atoms with Gasteiger partial charge in [0, 0.05) is 18.9 Å². The maximum atomic E-state index is 13.2. The van der Waals surface area contributed by atoms with Crippen LogP contribution < -0.4 is 5.32 Å². The molecule has 1 aliphatic rings. The van der Waals surface area contributed by atoms with Crippen LogP contribution >= 0.6 is 0 Å². The summed E-state index contributed by atoms with van der Waals surface area (Å²) in [6.45, 7) is 6.62. The van der Waals surface area contributed by atoms with E-state index in [1.807, 2.05) is 44.0 Å². The van der Waals surface area contributed by atoms with Gasteiger partial charge in [-0.2, -0.15) is 0 Å². The number of pyridine rings is 1. The SMILES string of the molecule is CCC(NC(CC(C)C)C(=O)N1CCC[C@H]1c1cccnc1)C(=O)O. The Balaban J connectivity index is 2.18. The van der Waals surface area contributed by atoms with E-state index in [0.29, 0.717) is 25.3 Å². The van der Waals surface area contributed by atoms with Gasteiger partial charge in [-0.3, -0.25) is 19.9 Å². The normalized spacial score (nSPS) is 19.8. The maximum Gasteiger partial charge on any atom is 0.320 e. The van der Waals surface area contributed by atoms with E-state index < -0.39 is 18.1 Å². The summed E-state index contributed by atoms with van der Waals surface area (Å²) in [4.78, 5) is 30.6. The predicted molar refractivity (Wildman–Crippen MR) is 96.0 cm³/mol. The molecule has 1 amide bonds. The van der Waals surface area contributed by atoms with E-state index >= 15 is 0 Å². The van der Waals surface area contributed by atoms with Crippen LogP contribution in [0.25, 0.3) is 0 Å². The molecule has 6 nitrogen and oxygen atoms in total. The zero-order valence-corrected chi connectivity index (χ0v) is 15.3. The first-order chi connectivity index (χ1) is 11.9. The number of carbonyl (C=O) groups excluding carboxylic acids is 1. The largest absolute Gasteiger partial charge is 0.480 e. The van der Waals surface area contributed by atoms with E-state index in [1.165, 1.54) is 0 Å². The number of carboxylic acid groups (broad SMARTS) is 1. The van der Waals surface area contributed by atoms with Crippen LogP contribution in [0, 0.1) is 5.92 Å². The highest BCUT2D eigenvalue weighted by molar-refractivity contribution is 5.84. The van der Waals surface area contributed by atoms with Gasteiger partial charge in [-0.25, -0.2) is 0 Å². The van der Waals surface area contributed by atoms with Gasteiger partial charge in [0.25, 0.3) is 0 Å². The minimum atomic E-state index is -0.908. The topological polar surface area (TPSA) is 82.5 Å². The molecule has 2 heterocycles. The number of aromatic nitrogens is 1. The Labute approximate surface area is 149 Å². The second-order valence-electron chi connectivity index (χ2n) is 7.12. The lowest BCUT2D eigenvalue weighted by Gasteiger charge is -2.31. The molecule has 138 valence electrons. The number of nitrogens with one attached hydrogen (secondary N) is 1. The van der Waals surface area contributed by atoms with E-state index in [-0.39, 0.29) is 11.9 Å². The van der Waals surface area contributed by atoms with E-state index in [2.05, 4.69) is 10.3 Å². The second-order valence-corrected chi connectivity index (χ2v) is 7.12. The Morgan fingerprint density at radius 1 is 1.40 bits per heavy atom. The van der Waals surface area contributed by atoms with Gasteiger partial charge in [0.15, 0.2) is 0 Å². The van der Waals surface area contributed by atoms with Gasteiger partial charge in [0.1, 0.15) is 6.04 Å². The molecule has 0 radical (unpaired) electrons. The number of hydrogen-bond acceptors (Lipinski definition) is 4. The summed E-state index contributed by atoms with van der Waals surface area (Å²) >= 11 is 0. The van der Waals surface area contributed by atoms with Gasteiger partial charge in [0.05, 0.1) is 12.1 Å². The van der Waals surface area contributed by atoms with Crippen LogP contribution in [-0.2, 0) is 9.59 Å². The molecular formula is C19H29N3O3. The van der Waals surface area contributed by atoms with Gasteiger partial charge in [-0.15, -0.1) is 0 Å². The zero-order valence-electron chi connectivity index (χ0n) is 15.3. The Morgan fingerprint density at radius 3 is 2.72 bits per heavy atom. The maximum absolute atomic E-state index is 13.2. The van der Waals surface area contributed by atoms with Crippen molar-refractivity contribution in [3.05, 3.63) is 30.1 Å². The highest BCUT2D eigenvalue weighted by Gasteiger charge is 2.35. The summed E-state index contributed by atoms with van der Waals surface area (Å²) in [7, 11) is 0. The minimum Gasteiger partial charge on any atom is -0.480 e. The van der Waals surface area contributed by atoms with E-state index in [9.17, 15) is 14.7 Å². The minimum absolute atomic E-state index is 0.000229. The monoisotopic (exact) mass is 347 g/mol. The third-order valence-corrected chi connectivity index (χ3v) is 4.72. The number of nitrogens with zero attached hydrogens (tertiary/aromatic N) is 2. The predicted octanol–water partition coefficient (Wildman–Crippen LogP) is 2.61. The lowest BCUT2D eigenvalue weighted by Crippen LogP contribution is -2.52. The van der Waals surface area contributed by atoms with Crippen molar-refractivity contribution in [2.75, 3.05) is 6.54 Å². The van der Waals surface area contributed by atoms with Crippen molar-refractivity contribution in [2.45, 2.75) is 64.6 Å². The highest BCUT2D eigenvalue weighted by atomic mass is 16.4. The molecule has 1 aromatic rings. The first-order valence-electron chi connectivity index (χ1n) is 9.13. The number of aliphatic carboxylic acids is 1. The summed E-state index contributed by atoms with van der Waals surface area (Å²) in [6, 6.07) is 2.74. The van der Waals surface area contributed by atoms with Crippen LogP contribution in [0.5, 0.6) is 0 Å². The van der Waals surface area contributed by atoms with Gasteiger partial charge in [-0.05, 0) is 43.2 Å². The van der Waals surface area contributed by atoms with E-state index in [1.54, 1.807) is 6.20 Å². The van der Waals surface area contributed by atoms with Crippen molar-refractivity contribution in [2.24, 2.45) is 5.92 Å². The Kier molecular flexibility index (Phi) is 6.93. The van der Waals surface area contributed by atoms with Crippen LogP contribution in [0.1, 0.15) is 58.1 Å². The van der Waals surface area contributed by atoms with Gasteiger partial charge in [0.2, 0.25) is 5.91 Å². The molecule has 0 aliphatic carbocycles. The Hall–Kier alpha value is -1.95. The summed E-state index contributed by atoms with van der Waals surface area (Å²) in [6.07, 6.45) is 6.49. The number of carboxylic acids is 1. The van der Waals surface area contributed by atoms with Crippen molar-refractivity contribution in [3.63, 3.8) is 0 Å². The lowest BCUT2D eigenvalue weighted by molar-refractivity contribution is -0.141. The fourth-order valence-electron chi connectivity index (χ4n) is 3.47. The number of hydrogen-bond donors (Lipinski definition) is 2. The van der Waals surface area contributed by atoms with Crippen molar-refractivity contribution >= 4 is 11.9 Å². The van der Waals surface area contributed by atoms with Crippen LogP contribution in [0.2, 0.25) is 0 Å². The molecule has 2 N–H and O–H groups in total. The molecule has 0 bridgehead atoms. The first-order valence-corrected chi connectivity index (χ1v) is 9.13. The molecule has 6 heteroatoms. The highest BCUT2D eigenvalue weighted by Crippen LogP contribution is 2.32. The van der Waals surface area contributed by atoms with Crippen LogP contribution in [0.15, 0.2) is 24.5 Å². The number of likely N-dealkylation sites (tertiary alicyclic amines) is 1. The molecular weight excluding hydrogens is 318 g/mol. The quantitative estimate of drug-likeness (QED) is 0.755. The molecule has 1 saturated heterocycles. The molecule has 25 heavy (non-hydrogen) atoms. The van der Waals surface area contributed by atoms with Gasteiger partial charge >= 0.3 is 5.97 Å². The molecule has 2 unspecified atom stereocenters. The number of rotatable bonds is 8. The van der Waals surface area contributed by atoms with Crippen molar-refractivity contribution < 1.29 is 14.7 Å².